The monoisotopic (exact) mass is 588 g/mol. The quantitative estimate of drug-likeness (QED) is 0.104. The number of rotatable bonds is 11. The first-order chi connectivity index (χ1) is 19.1. The van der Waals surface area contributed by atoms with Crippen LogP contribution in [0, 0.1) is 46.3 Å². The van der Waals surface area contributed by atoms with Crippen LogP contribution in [0.25, 0.3) is 0 Å². The highest BCUT2D eigenvalue weighted by Crippen LogP contribution is 2.67. The van der Waals surface area contributed by atoms with Gasteiger partial charge in [0.25, 0.3) is 0 Å². The van der Waals surface area contributed by atoms with Gasteiger partial charge in [-0.05, 0) is 104 Å². The Kier molecular flexibility index (Phi) is 9.96. The van der Waals surface area contributed by atoms with Crippen LogP contribution in [-0.4, -0.2) is 24.2 Å². The number of carbonyl (C=O) groups excluding carboxylic acids is 1. The second-order valence-corrected chi connectivity index (χ2v) is 15.1. The summed E-state index contributed by atoms with van der Waals surface area (Å²) < 4.78 is 69.0. The van der Waals surface area contributed by atoms with E-state index in [-0.39, 0.29) is 30.8 Å². The molecule has 0 aromatic carbocycles. The molecule has 0 saturated heterocycles. The van der Waals surface area contributed by atoms with Crippen LogP contribution in [0.4, 0.5) is 22.0 Å². The molecule has 4 aliphatic rings. The van der Waals surface area contributed by atoms with Crippen molar-refractivity contribution in [1.82, 2.24) is 0 Å². The smallest absolute Gasteiger partial charge is 0.453 e. The van der Waals surface area contributed by atoms with Crippen molar-refractivity contribution in [1.29, 1.82) is 0 Å². The molecule has 0 radical (unpaired) electrons. The molecule has 7 heteroatoms. The van der Waals surface area contributed by atoms with Gasteiger partial charge in [-0.3, -0.25) is 4.79 Å². The fourth-order valence-electron chi connectivity index (χ4n) is 9.76. The molecule has 2 nitrogen and oxygen atoms in total. The number of unbranched alkanes of at least 4 members (excludes halogenated alkanes) is 1. The Hall–Kier alpha value is -1.14. The van der Waals surface area contributed by atoms with E-state index in [4.69, 9.17) is 4.74 Å². The van der Waals surface area contributed by atoms with Gasteiger partial charge in [-0.1, -0.05) is 65.5 Å². The number of fused-ring (bicyclic) bond motifs is 5. The molecule has 0 spiro atoms. The van der Waals surface area contributed by atoms with Gasteiger partial charge in [0.2, 0.25) is 0 Å². The molecule has 0 N–H and O–H groups in total. The minimum Gasteiger partial charge on any atom is -0.462 e. The second kappa shape index (κ2) is 12.5. The van der Waals surface area contributed by atoms with Crippen LogP contribution in [-0.2, 0) is 9.53 Å². The average molecular weight is 589 g/mol. The van der Waals surface area contributed by atoms with E-state index < -0.39 is 24.5 Å². The molecule has 8 unspecified atom stereocenters. The molecule has 0 heterocycles. The maximum atomic E-state index is 13.1. The largest absolute Gasteiger partial charge is 0.462 e. The van der Waals surface area contributed by atoms with Crippen molar-refractivity contribution in [2.24, 2.45) is 46.3 Å². The second-order valence-electron chi connectivity index (χ2n) is 15.1. The van der Waals surface area contributed by atoms with Crippen LogP contribution < -0.4 is 0 Å². The average Bonchev–Trinajstić information content (AvgIpc) is 3.23. The molecule has 236 valence electrons. The van der Waals surface area contributed by atoms with Gasteiger partial charge in [0.1, 0.15) is 6.10 Å². The Labute approximate surface area is 244 Å². The number of ether oxygens (including phenoxy) is 1. The maximum Gasteiger partial charge on any atom is 0.453 e. The summed E-state index contributed by atoms with van der Waals surface area (Å²) in [4.78, 5) is 12.4. The first-order valence-electron chi connectivity index (χ1n) is 16.4. The van der Waals surface area contributed by atoms with E-state index in [1.807, 2.05) is 0 Å². The van der Waals surface area contributed by atoms with Crippen molar-refractivity contribution in [3.63, 3.8) is 0 Å². The molecule has 4 rings (SSSR count). The predicted molar refractivity (Wildman–Crippen MR) is 152 cm³/mol. The lowest BCUT2D eigenvalue weighted by atomic mass is 9.47. The van der Waals surface area contributed by atoms with E-state index in [1.165, 1.54) is 50.5 Å². The molecular weight excluding hydrogens is 535 g/mol. The van der Waals surface area contributed by atoms with Crippen LogP contribution >= 0.6 is 0 Å². The minimum absolute atomic E-state index is 0.0289. The summed E-state index contributed by atoms with van der Waals surface area (Å²) in [7, 11) is 0. The van der Waals surface area contributed by atoms with E-state index in [9.17, 15) is 26.7 Å². The van der Waals surface area contributed by atoms with Crippen molar-refractivity contribution in [2.75, 3.05) is 0 Å². The van der Waals surface area contributed by atoms with Crippen molar-refractivity contribution in [3.8, 4) is 0 Å². The lowest BCUT2D eigenvalue weighted by Gasteiger charge is -2.58. The Morgan fingerprint density at radius 2 is 1.68 bits per heavy atom. The third-order valence-electron chi connectivity index (χ3n) is 12.1. The molecule has 41 heavy (non-hydrogen) atoms. The number of hydrogen-bond donors (Lipinski definition) is 0. The summed E-state index contributed by atoms with van der Waals surface area (Å²) in [6.07, 6.45) is 7.77. The Morgan fingerprint density at radius 1 is 0.951 bits per heavy atom. The van der Waals surface area contributed by atoms with Crippen molar-refractivity contribution in [3.05, 3.63) is 11.6 Å². The zero-order valence-corrected chi connectivity index (χ0v) is 25.9. The molecule has 3 fully saturated rings. The molecule has 0 aliphatic heterocycles. The Morgan fingerprint density at radius 3 is 2.37 bits per heavy atom. The number of alkyl halides is 5. The molecule has 0 amide bonds. The van der Waals surface area contributed by atoms with E-state index >= 15 is 0 Å². The van der Waals surface area contributed by atoms with Crippen LogP contribution in [0.15, 0.2) is 11.6 Å². The van der Waals surface area contributed by atoms with Crippen LogP contribution in [0.3, 0.4) is 0 Å². The lowest BCUT2D eigenvalue weighted by Crippen LogP contribution is -2.51. The zero-order valence-electron chi connectivity index (χ0n) is 25.9. The standard InChI is InChI=1S/C34H53F5O2/c1-22(2)9-8-10-23(3)27-14-15-28-26-13-12-24-21-25(16-19-31(24,4)29(26)17-20-32(27,28)5)41-30(40)11-6-7-18-33(35,36)34(37,38)39/h12,22-23,25-29H,6-11,13-21H2,1-5H3. The fraction of sp³-hybridized carbons (Fsp3) is 0.912. The molecule has 0 aromatic heterocycles. The predicted octanol–water partition coefficient (Wildman–Crippen LogP) is 10.7. The molecule has 8 atom stereocenters. The zero-order chi connectivity index (χ0) is 30.2. The number of hydrogen-bond acceptors (Lipinski definition) is 2. The van der Waals surface area contributed by atoms with E-state index in [0.717, 1.165) is 55.3 Å². The normalized spacial score (nSPS) is 36.3. The van der Waals surface area contributed by atoms with Crippen molar-refractivity contribution in [2.45, 2.75) is 149 Å². The third kappa shape index (κ3) is 6.84. The Bertz CT molecular complexity index is 942. The maximum absolute atomic E-state index is 13.1. The first-order valence-corrected chi connectivity index (χ1v) is 16.4. The molecule has 4 aliphatic carbocycles. The molecule has 0 aromatic rings. The number of esters is 1. The summed E-state index contributed by atoms with van der Waals surface area (Å²) in [6, 6.07) is 0. The van der Waals surface area contributed by atoms with E-state index in [2.05, 4.69) is 40.7 Å². The highest BCUT2D eigenvalue weighted by Gasteiger charge is 2.59. The van der Waals surface area contributed by atoms with E-state index in [1.54, 1.807) is 0 Å². The van der Waals surface area contributed by atoms with Gasteiger partial charge in [-0.2, -0.15) is 22.0 Å². The summed E-state index contributed by atoms with van der Waals surface area (Å²) in [5, 5.41) is 0. The number of halogens is 5. The van der Waals surface area contributed by atoms with Crippen LogP contribution in [0.2, 0.25) is 0 Å². The fourth-order valence-corrected chi connectivity index (χ4v) is 9.76. The van der Waals surface area contributed by atoms with Gasteiger partial charge in [-0.15, -0.1) is 0 Å². The van der Waals surface area contributed by atoms with Gasteiger partial charge in [0.05, 0.1) is 0 Å². The summed E-state index contributed by atoms with van der Waals surface area (Å²) >= 11 is 0. The van der Waals surface area contributed by atoms with Gasteiger partial charge < -0.3 is 4.74 Å². The highest BCUT2D eigenvalue weighted by molar-refractivity contribution is 5.69. The minimum atomic E-state index is -5.54. The van der Waals surface area contributed by atoms with Gasteiger partial charge in [0, 0.05) is 19.3 Å². The van der Waals surface area contributed by atoms with Crippen LogP contribution in [0.5, 0.6) is 0 Å². The van der Waals surface area contributed by atoms with Gasteiger partial charge in [0.15, 0.2) is 0 Å². The number of carbonyl (C=O) groups is 1. The highest BCUT2D eigenvalue weighted by atomic mass is 19.4. The van der Waals surface area contributed by atoms with Gasteiger partial charge >= 0.3 is 18.1 Å². The summed E-state index contributed by atoms with van der Waals surface area (Å²) in [5.74, 6) is -0.626. The Balaban J connectivity index is 1.30. The molecular formula is C34H53F5O2. The molecule has 3 saturated carbocycles. The third-order valence-corrected chi connectivity index (χ3v) is 12.1. The van der Waals surface area contributed by atoms with Crippen LogP contribution in [0.1, 0.15) is 131 Å². The first kappa shape index (κ1) is 32.8. The lowest BCUT2D eigenvalue weighted by molar-refractivity contribution is -0.284. The van der Waals surface area contributed by atoms with Crippen molar-refractivity contribution >= 4 is 5.97 Å². The SMILES string of the molecule is CC(C)CCCC(C)C1CCC2C3CC=C4CC(OC(=O)CCCCC(F)(F)C(F)(F)F)CCC4(C)C3CCC12C. The number of allylic oxidation sites excluding steroid dienone is 1. The summed E-state index contributed by atoms with van der Waals surface area (Å²) in [5.41, 5.74) is 1.99. The summed E-state index contributed by atoms with van der Waals surface area (Å²) in [6.45, 7) is 12.2. The van der Waals surface area contributed by atoms with Crippen molar-refractivity contribution < 1.29 is 31.5 Å². The topological polar surface area (TPSA) is 26.3 Å². The van der Waals surface area contributed by atoms with Gasteiger partial charge in [-0.25, -0.2) is 0 Å². The molecule has 0 bridgehead atoms. The van der Waals surface area contributed by atoms with E-state index in [0.29, 0.717) is 11.3 Å².